The lowest BCUT2D eigenvalue weighted by molar-refractivity contribution is -0.101. The minimum Gasteiger partial charge on any atom is -0.392 e. The van der Waals surface area contributed by atoms with E-state index in [1.54, 1.807) is 0 Å². The fourth-order valence-corrected chi connectivity index (χ4v) is 2.11. The normalized spacial score (nSPS) is 37.4. The van der Waals surface area contributed by atoms with Crippen LogP contribution in [-0.2, 0) is 4.74 Å². The van der Waals surface area contributed by atoms with Gasteiger partial charge < -0.3 is 15.2 Å². The molecule has 3 heteroatoms. The first-order valence-electron chi connectivity index (χ1n) is 5.19. The van der Waals surface area contributed by atoms with Gasteiger partial charge in [-0.3, -0.25) is 0 Å². The van der Waals surface area contributed by atoms with Crippen LogP contribution in [0.4, 0.5) is 0 Å². The minimum atomic E-state index is -0.121. The molecule has 0 unspecified atom stereocenters. The average molecular weight is 185 g/mol. The molecule has 0 aromatic carbocycles. The molecule has 0 radical (unpaired) electrons. The SMILES string of the molecule is CC1(CN[C@@H]2CCC[C@H]2O)COC1. The second-order valence-electron chi connectivity index (χ2n) is 4.79. The highest BCUT2D eigenvalue weighted by Gasteiger charge is 2.35. The Bertz CT molecular complexity index is 180. The highest BCUT2D eigenvalue weighted by molar-refractivity contribution is 4.88. The number of rotatable bonds is 3. The zero-order valence-corrected chi connectivity index (χ0v) is 8.25. The Morgan fingerprint density at radius 3 is 2.69 bits per heavy atom. The van der Waals surface area contributed by atoms with E-state index in [1.165, 1.54) is 0 Å². The standard InChI is InChI=1S/C10H19NO2/c1-10(6-13-7-10)5-11-8-3-2-4-9(8)12/h8-9,11-12H,2-7H2,1H3/t8-,9-/m1/s1. The summed E-state index contributed by atoms with van der Waals surface area (Å²) in [5, 5.41) is 13.0. The Kier molecular flexibility index (Phi) is 2.58. The van der Waals surface area contributed by atoms with Crippen LogP contribution in [0.1, 0.15) is 26.2 Å². The number of hydrogen-bond acceptors (Lipinski definition) is 3. The maximum atomic E-state index is 9.58. The van der Waals surface area contributed by atoms with Gasteiger partial charge in [-0.05, 0) is 19.3 Å². The van der Waals surface area contributed by atoms with Crippen LogP contribution in [0.25, 0.3) is 0 Å². The smallest absolute Gasteiger partial charge is 0.0693 e. The van der Waals surface area contributed by atoms with Gasteiger partial charge in [-0.15, -0.1) is 0 Å². The van der Waals surface area contributed by atoms with Crippen molar-refractivity contribution in [3.63, 3.8) is 0 Å². The van der Waals surface area contributed by atoms with Crippen LogP contribution < -0.4 is 5.32 Å². The first-order valence-corrected chi connectivity index (χ1v) is 5.19. The van der Waals surface area contributed by atoms with Crippen LogP contribution in [0.5, 0.6) is 0 Å². The van der Waals surface area contributed by atoms with Crippen LogP contribution in [0.2, 0.25) is 0 Å². The topological polar surface area (TPSA) is 41.5 Å². The Morgan fingerprint density at radius 2 is 2.23 bits per heavy atom. The summed E-state index contributed by atoms with van der Waals surface area (Å²) < 4.78 is 5.18. The zero-order valence-electron chi connectivity index (χ0n) is 8.25. The molecule has 76 valence electrons. The summed E-state index contributed by atoms with van der Waals surface area (Å²) in [6.45, 7) is 4.94. The van der Waals surface area contributed by atoms with Crippen LogP contribution in [0.15, 0.2) is 0 Å². The number of aliphatic hydroxyl groups excluding tert-OH is 1. The van der Waals surface area contributed by atoms with Crippen molar-refractivity contribution >= 4 is 0 Å². The third-order valence-electron chi connectivity index (χ3n) is 3.17. The number of hydrogen-bond donors (Lipinski definition) is 2. The summed E-state index contributed by atoms with van der Waals surface area (Å²) in [6, 6.07) is 0.331. The molecule has 1 saturated heterocycles. The van der Waals surface area contributed by atoms with Crippen LogP contribution in [0.3, 0.4) is 0 Å². The Balaban J connectivity index is 1.72. The Labute approximate surface area is 79.5 Å². The molecule has 2 fully saturated rings. The van der Waals surface area contributed by atoms with E-state index in [2.05, 4.69) is 12.2 Å². The summed E-state index contributed by atoms with van der Waals surface area (Å²) in [5.41, 5.74) is 0.322. The van der Waals surface area contributed by atoms with Gasteiger partial charge in [0.25, 0.3) is 0 Å². The minimum absolute atomic E-state index is 0.121. The van der Waals surface area contributed by atoms with Crippen molar-refractivity contribution < 1.29 is 9.84 Å². The summed E-state index contributed by atoms with van der Waals surface area (Å²) in [7, 11) is 0. The van der Waals surface area contributed by atoms with Gasteiger partial charge in [-0.2, -0.15) is 0 Å². The molecule has 2 N–H and O–H groups in total. The van der Waals surface area contributed by atoms with Crippen molar-refractivity contribution in [2.75, 3.05) is 19.8 Å². The van der Waals surface area contributed by atoms with Gasteiger partial charge in [0.1, 0.15) is 0 Å². The van der Waals surface area contributed by atoms with E-state index in [0.29, 0.717) is 11.5 Å². The van der Waals surface area contributed by atoms with E-state index in [4.69, 9.17) is 4.74 Å². The van der Waals surface area contributed by atoms with E-state index in [1.807, 2.05) is 0 Å². The van der Waals surface area contributed by atoms with E-state index in [-0.39, 0.29) is 6.10 Å². The number of aliphatic hydroxyl groups is 1. The Morgan fingerprint density at radius 1 is 1.46 bits per heavy atom. The lowest BCUT2D eigenvalue weighted by Gasteiger charge is -2.39. The number of nitrogens with one attached hydrogen (secondary N) is 1. The highest BCUT2D eigenvalue weighted by Crippen LogP contribution is 2.26. The molecule has 0 aromatic rings. The molecule has 13 heavy (non-hydrogen) atoms. The highest BCUT2D eigenvalue weighted by atomic mass is 16.5. The van der Waals surface area contributed by atoms with Gasteiger partial charge in [-0.25, -0.2) is 0 Å². The molecule has 2 aliphatic rings. The van der Waals surface area contributed by atoms with Crippen molar-refractivity contribution in [2.24, 2.45) is 5.41 Å². The number of ether oxygens (including phenoxy) is 1. The van der Waals surface area contributed by atoms with Gasteiger partial charge in [0, 0.05) is 18.0 Å². The first-order chi connectivity index (χ1) is 6.20. The summed E-state index contributed by atoms with van der Waals surface area (Å²) in [6.07, 6.45) is 3.12. The van der Waals surface area contributed by atoms with Crippen LogP contribution in [-0.4, -0.2) is 37.0 Å². The fraction of sp³-hybridized carbons (Fsp3) is 1.00. The maximum Gasteiger partial charge on any atom is 0.0693 e. The average Bonchev–Trinajstić information content (AvgIpc) is 2.44. The maximum absolute atomic E-state index is 9.58. The molecule has 1 heterocycles. The van der Waals surface area contributed by atoms with Crippen molar-refractivity contribution in [3.05, 3.63) is 0 Å². The third-order valence-corrected chi connectivity index (χ3v) is 3.17. The zero-order chi connectivity index (χ0) is 9.31. The van der Waals surface area contributed by atoms with Crippen molar-refractivity contribution in [3.8, 4) is 0 Å². The molecule has 0 bridgehead atoms. The molecular formula is C10H19NO2. The second kappa shape index (κ2) is 3.56. The largest absolute Gasteiger partial charge is 0.392 e. The van der Waals surface area contributed by atoms with E-state index in [0.717, 1.165) is 39.0 Å². The molecule has 3 nitrogen and oxygen atoms in total. The predicted molar refractivity (Wildman–Crippen MR) is 50.6 cm³/mol. The quantitative estimate of drug-likeness (QED) is 0.674. The molecular weight excluding hydrogens is 166 g/mol. The van der Waals surface area contributed by atoms with Gasteiger partial charge >= 0.3 is 0 Å². The summed E-state index contributed by atoms with van der Waals surface area (Å²) in [4.78, 5) is 0. The molecule has 1 saturated carbocycles. The van der Waals surface area contributed by atoms with E-state index < -0.39 is 0 Å². The van der Waals surface area contributed by atoms with Crippen molar-refractivity contribution in [1.29, 1.82) is 0 Å². The Hall–Kier alpha value is -0.120. The van der Waals surface area contributed by atoms with Gasteiger partial charge in [0.15, 0.2) is 0 Å². The summed E-state index contributed by atoms with van der Waals surface area (Å²) in [5.74, 6) is 0. The first kappa shape index (κ1) is 9.44. The molecule has 1 aliphatic carbocycles. The monoisotopic (exact) mass is 185 g/mol. The lowest BCUT2D eigenvalue weighted by Crippen LogP contribution is -2.50. The lowest BCUT2D eigenvalue weighted by atomic mass is 9.88. The van der Waals surface area contributed by atoms with Crippen molar-refractivity contribution in [1.82, 2.24) is 5.32 Å². The van der Waals surface area contributed by atoms with Crippen LogP contribution in [0, 0.1) is 5.41 Å². The molecule has 0 spiro atoms. The summed E-state index contributed by atoms with van der Waals surface area (Å²) >= 11 is 0. The predicted octanol–water partition coefficient (Wildman–Crippen LogP) is 0.526. The molecule has 0 amide bonds. The third kappa shape index (κ3) is 2.03. The molecule has 2 atom stereocenters. The van der Waals surface area contributed by atoms with E-state index >= 15 is 0 Å². The van der Waals surface area contributed by atoms with Crippen LogP contribution >= 0.6 is 0 Å². The fourth-order valence-electron chi connectivity index (χ4n) is 2.11. The molecule has 1 aliphatic heterocycles. The molecule has 0 aromatic heterocycles. The van der Waals surface area contributed by atoms with Crippen molar-refractivity contribution in [2.45, 2.75) is 38.3 Å². The molecule has 2 rings (SSSR count). The van der Waals surface area contributed by atoms with E-state index in [9.17, 15) is 5.11 Å². The van der Waals surface area contributed by atoms with Gasteiger partial charge in [0.2, 0.25) is 0 Å². The van der Waals surface area contributed by atoms with Gasteiger partial charge in [0.05, 0.1) is 19.3 Å². The van der Waals surface area contributed by atoms with Gasteiger partial charge in [-0.1, -0.05) is 6.92 Å². The second-order valence-corrected chi connectivity index (χ2v) is 4.79.